The Balaban J connectivity index is 5.19. The van der Waals surface area contributed by atoms with Crippen LogP contribution in [0.15, 0.2) is 60.8 Å². The first kappa shape index (κ1) is 23.5. The van der Waals surface area contributed by atoms with Gasteiger partial charge in [0, 0.05) is 19.6 Å². The molecule has 0 fully saturated rings. The normalized spacial score (nSPS) is 15.6. The minimum Gasteiger partial charge on any atom is -0.320 e. The fourth-order valence-corrected chi connectivity index (χ4v) is 2.74. The molecule has 1 unspecified atom stereocenters. The molecule has 0 saturated heterocycles. The number of rotatable bonds is 14. The van der Waals surface area contributed by atoms with Gasteiger partial charge in [0.25, 0.3) is 0 Å². The molecule has 3 heteroatoms. The van der Waals surface area contributed by atoms with E-state index in [1.165, 1.54) is 0 Å². The molecule has 1 N–H and O–H groups in total. The highest BCUT2D eigenvalue weighted by molar-refractivity contribution is 5.25. The number of allylic oxidation sites excluding steroid dienone is 4. The number of hydrogen-bond acceptors (Lipinski definition) is 2. The van der Waals surface area contributed by atoms with E-state index in [2.05, 4.69) is 36.4 Å². The third kappa shape index (κ3) is 11.7. The molecule has 0 saturated carbocycles. The Kier molecular flexibility index (Phi) is 13.0. The van der Waals surface area contributed by atoms with Crippen molar-refractivity contribution in [2.45, 2.75) is 45.7 Å². The largest absolute Gasteiger partial charge is 0.320 e. The molecule has 0 aromatic rings. The Morgan fingerprint density at radius 1 is 1.20 bits per heavy atom. The second kappa shape index (κ2) is 13.8. The van der Waals surface area contributed by atoms with Crippen LogP contribution in [0.2, 0.25) is 0 Å². The van der Waals surface area contributed by atoms with Crippen LogP contribution in [0.25, 0.3) is 0 Å². The van der Waals surface area contributed by atoms with Crippen LogP contribution in [-0.2, 0) is 0 Å². The van der Waals surface area contributed by atoms with Gasteiger partial charge in [-0.05, 0) is 57.8 Å². The van der Waals surface area contributed by atoms with Crippen molar-refractivity contribution in [3.63, 3.8) is 0 Å². The zero-order valence-corrected chi connectivity index (χ0v) is 16.7. The van der Waals surface area contributed by atoms with Crippen molar-refractivity contribution in [1.29, 1.82) is 0 Å². The summed E-state index contributed by atoms with van der Waals surface area (Å²) in [5, 5.41) is 3.08. The first-order chi connectivity index (χ1) is 11.9. The van der Waals surface area contributed by atoms with Crippen molar-refractivity contribution in [2.24, 2.45) is 0 Å². The van der Waals surface area contributed by atoms with Crippen molar-refractivity contribution in [3.05, 3.63) is 60.8 Å². The van der Waals surface area contributed by atoms with Crippen LogP contribution in [0.1, 0.15) is 40.0 Å². The summed E-state index contributed by atoms with van der Waals surface area (Å²) >= 11 is 0. The summed E-state index contributed by atoms with van der Waals surface area (Å²) in [7, 11) is 1.90. The lowest BCUT2D eigenvalue weighted by Crippen LogP contribution is -2.40. The average molecular weight is 349 g/mol. The van der Waals surface area contributed by atoms with Gasteiger partial charge in [0.15, 0.2) is 0 Å². The van der Waals surface area contributed by atoms with E-state index >= 15 is 4.39 Å². The highest BCUT2D eigenvalue weighted by Crippen LogP contribution is 2.21. The Morgan fingerprint density at radius 2 is 1.84 bits per heavy atom. The fourth-order valence-electron chi connectivity index (χ4n) is 2.74. The Morgan fingerprint density at radius 3 is 2.36 bits per heavy atom. The van der Waals surface area contributed by atoms with Gasteiger partial charge >= 0.3 is 0 Å². The van der Waals surface area contributed by atoms with Crippen molar-refractivity contribution >= 4 is 0 Å². The standard InChI is InChI=1S/C22H37FN2/c1-7-11-14-21(10-4)18-25(17-20(9-3)13-8-2)19-22(5,23)15-12-16-24-6/h7,9-11,13-14,24H,3-4,8,12,15-19H2,1-2,5-6H3/b11-7-,20-13+,21-14+. The van der Waals surface area contributed by atoms with Crippen LogP contribution in [-0.4, -0.2) is 43.8 Å². The average Bonchev–Trinajstić information content (AvgIpc) is 2.57. The molecule has 0 aliphatic rings. The summed E-state index contributed by atoms with van der Waals surface area (Å²) in [6, 6.07) is 0. The molecule has 0 rings (SSSR count). The number of halogens is 1. The zero-order chi connectivity index (χ0) is 19.1. The molecule has 0 amide bonds. The van der Waals surface area contributed by atoms with E-state index in [4.69, 9.17) is 0 Å². The predicted octanol–water partition coefficient (Wildman–Crippen LogP) is 5.23. The zero-order valence-electron chi connectivity index (χ0n) is 16.7. The molecule has 0 heterocycles. The van der Waals surface area contributed by atoms with Gasteiger partial charge < -0.3 is 5.32 Å². The number of alkyl halides is 1. The van der Waals surface area contributed by atoms with E-state index in [-0.39, 0.29) is 0 Å². The lowest BCUT2D eigenvalue weighted by molar-refractivity contribution is 0.109. The third-order valence-electron chi connectivity index (χ3n) is 3.98. The van der Waals surface area contributed by atoms with Crippen molar-refractivity contribution in [2.75, 3.05) is 33.2 Å². The van der Waals surface area contributed by atoms with Crippen LogP contribution >= 0.6 is 0 Å². The monoisotopic (exact) mass is 348 g/mol. The van der Waals surface area contributed by atoms with Crippen molar-refractivity contribution in [1.82, 2.24) is 10.2 Å². The van der Waals surface area contributed by atoms with Gasteiger partial charge in [0.05, 0.1) is 0 Å². The van der Waals surface area contributed by atoms with Gasteiger partial charge in [-0.2, -0.15) is 0 Å². The van der Waals surface area contributed by atoms with Crippen LogP contribution in [0.4, 0.5) is 4.39 Å². The second-order valence-electron chi connectivity index (χ2n) is 6.63. The van der Waals surface area contributed by atoms with E-state index in [9.17, 15) is 0 Å². The predicted molar refractivity (Wildman–Crippen MR) is 111 cm³/mol. The van der Waals surface area contributed by atoms with Crippen LogP contribution in [0, 0.1) is 0 Å². The first-order valence-electron chi connectivity index (χ1n) is 9.24. The summed E-state index contributed by atoms with van der Waals surface area (Å²) in [5.74, 6) is 0. The summed E-state index contributed by atoms with van der Waals surface area (Å²) in [5.41, 5.74) is 1.01. The SMILES string of the molecule is C=C/C(=C\C=C/C)CN(C/C(C=C)=C/CC)CC(C)(F)CCCNC. The van der Waals surface area contributed by atoms with Crippen LogP contribution in [0.3, 0.4) is 0 Å². The summed E-state index contributed by atoms with van der Waals surface area (Å²) < 4.78 is 15.0. The minimum absolute atomic E-state index is 0.395. The Labute approximate surface area is 154 Å². The molecule has 25 heavy (non-hydrogen) atoms. The summed E-state index contributed by atoms with van der Waals surface area (Å²) in [4.78, 5) is 2.15. The van der Waals surface area contributed by atoms with Crippen molar-refractivity contribution < 1.29 is 4.39 Å². The lowest BCUT2D eigenvalue weighted by Gasteiger charge is -2.30. The highest BCUT2D eigenvalue weighted by atomic mass is 19.1. The molecule has 0 aliphatic heterocycles. The molecule has 0 radical (unpaired) electrons. The molecule has 142 valence electrons. The van der Waals surface area contributed by atoms with Crippen LogP contribution in [0.5, 0.6) is 0 Å². The molecule has 2 nitrogen and oxygen atoms in total. The molecular formula is C22H37FN2. The van der Waals surface area contributed by atoms with E-state index in [1.54, 1.807) is 6.92 Å². The topological polar surface area (TPSA) is 15.3 Å². The molecule has 0 aromatic heterocycles. The maximum Gasteiger partial charge on any atom is 0.121 e. The minimum atomic E-state index is -1.22. The van der Waals surface area contributed by atoms with Crippen LogP contribution < -0.4 is 5.32 Å². The van der Waals surface area contributed by atoms with Gasteiger partial charge in [-0.15, -0.1) is 0 Å². The van der Waals surface area contributed by atoms with E-state index in [1.807, 2.05) is 44.4 Å². The van der Waals surface area contributed by atoms with Crippen molar-refractivity contribution in [3.8, 4) is 0 Å². The van der Waals surface area contributed by atoms with Gasteiger partial charge in [0.1, 0.15) is 5.67 Å². The molecule has 0 bridgehead atoms. The van der Waals surface area contributed by atoms with E-state index < -0.39 is 5.67 Å². The summed E-state index contributed by atoms with van der Waals surface area (Å²) in [6.07, 6.45) is 14.2. The third-order valence-corrected chi connectivity index (χ3v) is 3.98. The smallest absolute Gasteiger partial charge is 0.121 e. The van der Waals surface area contributed by atoms with E-state index in [0.29, 0.717) is 26.1 Å². The summed E-state index contributed by atoms with van der Waals surface area (Å²) in [6.45, 7) is 16.2. The highest BCUT2D eigenvalue weighted by Gasteiger charge is 2.26. The molecular weight excluding hydrogens is 311 g/mol. The number of nitrogens with zero attached hydrogens (tertiary/aromatic N) is 1. The number of nitrogens with one attached hydrogen (secondary N) is 1. The van der Waals surface area contributed by atoms with Gasteiger partial charge in [-0.25, -0.2) is 4.39 Å². The molecule has 0 aromatic carbocycles. The van der Waals surface area contributed by atoms with Gasteiger partial charge in [-0.3, -0.25) is 4.90 Å². The first-order valence-corrected chi connectivity index (χ1v) is 9.24. The van der Waals surface area contributed by atoms with Gasteiger partial charge in [-0.1, -0.05) is 56.5 Å². The number of hydrogen-bond donors (Lipinski definition) is 1. The lowest BCUT2D eigenvalue weighted by atomic mass is 10.00. The Hall–Kier alpha value is -1.45. The fraction of sp³-hybridized carbons (Fsp3) is 0.545. The maximum absolute atomic E-state index is 15.0. The van der Waals surface area contributed by atoms with E-state index in [0.717, 1.165) is 30.5 Å². The molecule has 0 spiro atoms. The Bertz CT molecular complexity index is 472. The molecule has 1 atom stereocenters. The van der Waals surface area contributed by atoms with Gasteiger partial charge in [0.2, 0.25) is 0 Å². The molecule has 0 aliphatic carbocycles. The second-order valence-corrected chi connectivity index (χ2v) is 6.63. The maximum atomic E-state index is 15.0. The quantitative estimate of drug-likeness (QED) is 0.342.